The Bertz CT molecular complexity index is 723. The molecule has 2 aromatic carbocycles. The molecule has 0 radical (unpaired) electrons. The Morgan fingerprint density at radius 2 is 1.93 bits per heavy atom. The smallest absolute Gasteiger partial charge is 0.119 e. The molecule has 0 aromatic heterocycles. The van der Waals surface area contributed by atoms with Crippen LogP contribution in [-0.2, 0) is 12.1 Å². The molecule has 0 saturated carbocycles. The van der Waals surface area contributed by atoms with Gasteiger partial charge in [-0.2, -0.15) is 0 Å². The van der Waals surface area contributed by atoms with Crippen LogP contribution in [0.1, 0.15) is 17.5 Å². The van der Waals surface area contributed by atoms with Crippen molar-refractivity contribution in [3.05, 3.63) is 65.7 Å². The molecule has 2 atom stereocenters. The van der Waals surface area contributed by atoms with E-state index in [0.717, 1.165) is 30.9 Å². The summed E-state index contributed by atoms with van der Waals surface area (Å²) in [5.41, 5.74) is 1.32. The molecule has 5 heteroatoms. The number of likely N-dealkylation sites (tertiary alicyclic amines) is 1. The fourth-order valence-electron chi connectivity index (χ4n) is 3.93. The minimum Gasteiger partial charge on any atom is -0.491 e. The Labute approximate surface area is 161 Å². The molecule has 0 aliphatic carbocycles. The SMILES string of the molecule is CN(C)[C@@H]1CN(Cc2cccc(OCCO)c2)CC[C@]1(O)c1ccccc1. The van der Waals surface area contributed by atoms with Crippen LogP contribution in [0.5, 0.6) is 5.75 Å². The molecule has 0 spiro atoms. The van der Waals surface area contributed by atoms with Gasteiger partial charge in [0.25, 0.3) is 0 Å². The van der Waals surface area contributed by atoms with Crippen LogP contribution in [0.15, 0.2) is 54.6 Å². The van der Waals surface area contributed by atoms with Gasteiger partial charge in [0.05, 0.1) is 12.6 Å². The van der Waals surface area contributed by atoms with Gasteiger partial charge >= 0.3 is 0 Å². The molecule has 1 heterocycles. The molecule has 1 fully saturated rings. The van der Waals surface area contributed by atoms with Gasteiger partial charge in [0.1, 0.15) is 18.0 Å². The summed E-state index contributed by atoms with van der Waals surface area (Å²) >= 11 is 0. The molecule has 3 rings (SSSR count). The summed E-state index contributed by atoms with van der Waals surface area (Å²) in [6.45, 7) is 2.75. The van der Waals surface area contributed by atoms with Crippen molar-refractivity contribution in [2.24, 2.45) is 0 Å². The highest BCUT2D eigenvalue weighted by molar-refractivity contribution is 5.29. The summed E-state index contributed by atoms with van der Waals surface area (Å²) in [5.74, 6) is 0.781. The van der Waals surface area contributed by atoms with E-state index in [9.17, 15) is 5.11 Å². The summed E-state index contributed by atoms with van der Waals surface area (Å²) in [5, 5.41) is 20.4. The van der Waals surface area contributed by atoms with Crippen molar-refractivity contribution < 1.29 is 14.9 Å². The highest BCUT2D eigenvalue weighted by Crippen LogP contribution is 2.35. The predicted octanol–water partition coefficient (Wildman–Crippen LogP) is 2.08. The zero-order valence-corrected chi connectivity index (χ0v) is 16.2. The Hall–Kier alpha value is -1.92. The van der Waals surface area contributed by atoms with Crippen LogP contribution < -0.4 is 4.74 Å². The molecule has 27 heavy (non-hydrogen) atoms. The second kappa shape index (κ2) is 8.85. The summed E-state index contributed by atoms with van der Waals surface area (Å²) in [4.78, 5) is 4.51. The maximum absolute atomic E-state index is 11.5. The lowest BCUT2D eigenvalue weighted by molar-refractivity contribution is -0.0893. The standard InChI is InChI=1S/C22H30N2O3/c1-23(2)21-17-24(12-11-22(21,26)19-8-4-3-5-9-19)16-18-7-6-10-20(15-18)27-14-13-25/h3-10,15,21,25-26H,11-14,16-17H2,1-2H3/t21-,22+/m1/s1. The van der Waals surface area contributed by atoms with Gasteiger partial charge in [-0.25, -0.2) is 0 Å². The van der Waals surface area contributed by atoms with Crippen LogP contribution >= 0.6 is 0 Å². The van der Waals surface area contributed by atoms with E-state index in [1.807, 2.05) is 62.6 Å². The molecule has 1 saturated heterocycles. The van der Waals surface area contributed by atoms with Crippen molar-refractivity contribution in [1.29, 1.82) is 0 Å². The van der Waals surface area contributed by atoms with Crippen LogP contribution in [-0.4, -0.2) is 66.5 Å². The van der Waals surface area contributed by atoms with Crippen molar-refractivity contribution in [3.63, 3.8) is 0 Å². The van der Waals surface area contributed by atoms with Crippen LogP contribution in [0.2, 0.25) is 0 Å². The third-order valence-electron chi connectivity index (χ3n) is 5.35. The zero-order valence-electron chi connectivity index (χ0n) is 16.2. The third-order valence-corrected chi connectivity index (χ3v) is 5.35. The van der Waals surface area contributed by atoms with Crippen LogP contribution in [0.3, 0.4) is 0 Å². The summed E-state index contributed by atoms with van der Waals surface area (Å²) in [6.07, 6.45) is 0.695. The van der Waals surface area contributed by atoms with Crippen LogP contribution in [0.4, 0.5) is 0 Å². The maximum atomic E-state index is 11.5. The first-order valence-corrected chi connectivity index (χ1v) is 9.52. The van der Waals surface area contributed by atoms with Crippen LogP contribution in [0, 0.1) is 0 Å². The molecule has 5 nitrogen and oxygen atoms in total. The second-order valence-corrected chi connectivity index (χ2v) is 7.47. The molecule has 2 N–H and O–H groups in total. The van der Waals surface area contributed by atoms with Gasteiger partial charge in [-0.1, -0.05) is 42.5 Å². The fourth-order valence-corrected chi connectivity index (χ4v) is 3.93. The number of benzene rings is 2. The monoisotopic (exact) mass is 370 g/mol. The number of nitrogens with zero attached hydrogens (tertiary/aromatic N) is 2. The average molecular weight is 370 g/mol. The number of ether oxygens (including phenoxy) is 1. The normalized spacial score (nSPS) is 23.5. The van der Waals surface area contributed by atoms with E-state index in [1.165, 1.54) is 5.56 Å². The van der Waals surface area contributed by atoms with Crippen molar-refractivity contribution in [2.45, 2.75) is 24.6 Å². The Kier molecular flexibility index (Phi) is 6.50. The van der Waals surface area contributed by atoms with Gasteiger partial charge in [0, 0.05) is 19.6 Å². The van der Waals surface area contributed by atoms with E-state index in [1.54, 1.807) is 0 Å². The summed E-state index contributed by atoms with van der Waals surface area (Å²) in [7, 11) is 4.07. The van der Waals surface area contributed by atoms with E-state index in [2.05, 4.69) is 15.9 Å². The number of rotatable bonds is 7. The number of hydrogen-bond donors (Lipinski definition) is 2. The quantitative estimate of drug-likeness (QED) is 0.782. The number of likely N-dealkylation sites (N-methyl/N-ethyl adjacent to an activating group) is 1. The topological polar surface area (TPSA) is 56.2 Å². The molecule has 2 aromatic rings. The lowest BCUT2D eigenvalue weighted by atomic mass is 9.79. The molecule has 146 valence electrons. The van der Waals surface area contributed by atoms with Crippen molar-refractivity contribution >= 4 is 0 Å². The minimum absolute atomic E-state index is 0.0128. The van der Waals surface area contributed by atoms with Crippen molar-refractivity contribution in [3.8, 4) is 5.75 Å². The van der Waals surface area contributed by atoms with Gasteiger partial charge < -0.3 is 19.8 Å². The number of piperidine rings is 1. The van der Waals surface area contributed by atoms with E-state index in [-0.39, 0.29) is 12.6 Å². The van der Waals surface area contributed by atoms with Gasteiger partial charge in [-0.15, -0.1) is 0 Å². The van der Waals surface area contributed by atoms with E-state index in [0.29, 0.717) is 13.0 Å². The molecule has 0 amide bonds. The minimum atomic E-state index is -0.840. The maximum Gasteiger partial charge on any atom is 0.119 e. The molecule has 1 aliphatic rings. The molecular formula is C22H30N2O3. The molecule has 0 unspecified atom stereocenters. The van der Waals surface area contributed by atoms with Gasteiger partial charge in [-0.3, -0.25) is 4.90 Å². The fraction of sp³-hybridized carbons (Fsp3) is 0.455. The van der Waals surface area contributed by atoms with Gasteiger partial charge in [-0.05, 0) is 43.8 Å². The van der Waals surface area contributed by atoms with E-state index < -0.39 is 5.60 Å². The lowest BCUT2D eigenvalue weighted by Gasteiger charge is -2.47. The highest BCUT2D eigenvalue weighted by atomic mass is 16.5. The first-order chi connectivity index (χ1) is 13.0. The van der Waals surface area contributed by atoms with Gasteiger partial charge in [0.15, 0.2) is 0 Å². The van der Waals surface area contributed by atoms with E-state index in [4.69, 9.17) is 9.84 Å². The largest absolute Gasteiger partial charge is 0.491 e. The third kappa shape index (κ3) is 4.68. The molecule has 0 bridgehead atoms. The molecular weight excluding hydrogens is 340 g/mol. The lowest BCUT2D eigenvalue weighted by Crippen LogP contribution is -2.58. The number of hydrogen-bond acceptors (Lipinski definition) is 5. The van der Waals surface area contributed by atoms with Crippen LogP contribution in [0.25, 0.3) is 0 Å². The first kappa shape index (κ1) is 19.8. The second-order valence-electron chi connectivity index (χ2n) is 7.47. The summed E-state index contributed by atoms with van der Waals surface area (Å²) in [6, 6.07) is 18.0. The van der Waals surface area contributed by atoms with E-state index >= 15 is 0 Å². The highest BCUT2D eigenvalue weighted by Gasteiger charge is 2.43. The first-order valence-electron chi connectivity index (χ1n) is 9.52. The Morgan fingerprint density at radius 1 is 1.15 bits per heavy atom. The zero-order chi connectivity index (χ0) is 19.3. The summed E-state index contributed by atoms with van der Waals surface area (Å²) < 4.78 is 5.52. The van der Waals surface area contributed by atoms with Gasteiger partial charge in [0.2, 0.25) is 0 Å². The number of aliphatic hydroxyl groups is 2. The Morgan fingerprint density at radius 3 is 2.63 bits per heavy atom. The molecule has 1 aliphatic heterocycles. The average Bonchev–Trinajstić information content (AvgIpc) is 2.69. The number of aliphatic hydroxyl groups excluding tert-OH is 1. The Balaban J connectivity index is 1.72. The van der Waals surface area contributed by atoms with Crippen molar-refractivity contribution in [2.75, 3.05) is 40.4 Å². The van der Waals surface area contributed by atoms with Crippen molar-refractivity contribution in [1.82, 2.24) is 9.80 Å². The predicted molar refractivity (Wildman–Crippen MR) is 107 cm³/mol.